The third-order valence-electron chi connectivity index (χ3n) is 4.25. The number of aromatic nitrogens is 3. The second-order valence-electron chi connectivity index (χ2n) is 6.27. The molecule has 1 saturated heterocycles. The molecule has 0 bridgehead atoms. The van der Waals surface area contributed by atoms with Crippen molar-refractivity contribution in [2.24, 2.45) is 5.92 Å². The number of para-hydroxylation sites is 1. The van der Waals surface area contributed by atoms with Gasteiger partial charge in [-0.2, -0.15) is 18.2 Å². The number of ether oxygens (including phenoxy) is 2. The van der Waals surface area contributed by atoms with Crippen LogP contribution in [0.15, 0.2) is 41.2 Å². The molecule has 4 rings (SSSR count). The molecule has 0 amide bonds. The molecule has 1 aromatic carbocycles. The second kappa shape index (κ2) is 7.06. The first kappa shape index (κ1) is 18.7. The Morgan fingerprint density at radius 3 is 2.57 bits per heavy atom. The topological polar surface area (TPSA) is 66.2 Å². The van der Waals surface area contributed by atoms with E-state index >= 15 is 0 Å². The Bertz CT molecular complexity index is 1100. The van der Waals surface area contributed by atoms with Gasteiger partial charge in [0.2, 0.25) is 5.88 Å². The highest BCUT2D eigenvalue weighted by molar-refractivity contribution is 6.32. The lowest BCUT2D eigenvalue weighted by molar-refractivity contribution is -0.141. The fourth-order valence-electron chi connectivity index (χ4n) is 2.77. The largest absolute Gasteiger partial charge is 0.477 e. The summed E-state index contributed by atoms with van der Waals surface area (Å²) in [5.41, 5.74) is -2.03. The van der Waals surface area contributed by atoms with Gasteiger partial charge in [0.1, 0.15) is 5.69 Å². The summed E-state index contributed by atoms with van der Waals surface area (Å²) in [6, 6.07) is 8.28. The molecule has 3 aromatic rings. The number of rotatable bonds is 4. The molecule has 6 nitrogen and oxygen atoms in total. The van der Waals surface area contributed by atoms with Crippen molar-refractivity contribution < 1.29 is 22.6 Å². The van der Waals surface area contributed by atoms with Crippen molar-refractivity contribution in [3.05, 3.63) is 57.6 Å². The van der Waals surface area contributed by atoms with Crippen LogP contribution < -0.4 is 10.4 Å². The Morgan fingerprint density at radius 1 is 1.18 bits per heavy atom. The molecule has 0 radical (unpaired) electrons. The Balaban J connectivity index is 1.93. The molecule has 28 heavy (non-hydrogen) atoms. The number of fused-ring (bicyclic) bond motifs is 1. The third kappa shape index (κ3) is 3.43. The molecule has 146 valence electrons. The smallest absolute Gasteiger partial charge is 0.433 e. The lowest BCUT2D eigenvalue weighted by Gasteiger charge is -2.25. The zero-order valence-corrected chi connectivity index (χ0v) is 15.0. The molecule has 0 saturated carbocycles. The summed E-state index contributed by atoms with van der Waals surface area (Å²) in [5, 5.41) is 0.347. The van der Waals surface area contributed by atoms with E-state index in [0.717, 1.165) is 10.6 Å². The van der Waals surface area contributed by atoms with Gasteiger partial charge in [0.05, 0.1) is 35.9 Å². The van der Waals surface area contributed by atoms with Gasteiger partial charge in [-0.25, -0.2) is 14.3 Å². The van der Waals surface area contributed by atoms with E-state index < -0.39 is 17.6 Å². The first-order valence-electron chi connectivity index (χ1n) is 8.31. The van der Waals surface area contributed by atoms with E-state index in [1.54, 1.807) is 12.1 Å². The van der Waals surface area contributed by atoms with Gasteiger partial charge < -0.3 is 9.47 Å². The summed E-state index contributed by atoms with van der Waals surface area (Å²) in [6.07, 6.45) is -4.68. The van der Waals surface area contributed by atoms with Gasteiger partial charge in [-0.3, -0.25) is 0 Å². The quantitative estimate of drug-likeness (QED) is 0.657. The summed E-state index contributed by atoms with van der Waals surface area (Å²) in [7, 11) is 0. The van der Waals surface area contributed by atoms with E-state index in [-0.39, 0.29) is 40.1 Å². The lowest BCUT2D eigenvalue weighted by atomic mass is 10.1. The fraction of sp³-hybridized carbons (Fsp3) is 0.278. The summed E-state index contributed by atoms with van der Waals surface area (Å²) < 4.78 is 51.2. The molecule has 0 unspecified atom stereocenters. The van der Waals surface area contributed by atoms with Crippen molar-refractivity contribution in [3.63, 3.8) is 0 Å². The van der Waals surface area contributed by atoms with Crippen LogP contribution in [0.25, 0.3) is 16.7 Å². The number of halogens is 4. The van der Waals surface area contributed by atoms with E-state index in [2.05, 4.69) is 9.97 Å². The number of hydrogen-bond donors (Lipinski definition) is 0. The monoisotopic (exact) mass is 411 g/mol. The minimum absolute atomic E-state index is 0.0728. The molecule has 3 heterocycles. The minimum Gasteiger partial charge on any atom is -0.477 e. The van der Waals surface area contributed by atoms with Crippen LogP contribution in [-0.2, 0) is 10.9 Å². The predicted molar refractivity (Wildman–Crippen MR) is 95.0 cm³/mol. The standard InChI is InChI=1S/C18H13ClF3N3O3/c19-12-3-1-2-4-13(12)25-15-11(5-6-14(23-15)18(20,21)22)16(24-17(25)26)28-9-10-7-27-8-10/h1-6,10H,7-9H2. The highest BCUT2D eigenvalue weighted by atomic mass is 35.5. The molecule has 0 aliphatic carbocycles. The molecule has 1 aliphatic rings. The molecule has 10 heteroatoms. The highest BCUT2D eigenvalue weighted by Gasteiger charge is 2.33. The van der Waals surface area contributed by atoms with Gasteiger partial charge >= 0.3 is 11.9 Å². The maximum atomic E-state index is 13.2. The first-order chi connectivity index (χ1) is 13.3. The zero-order valence-electron chi connectivity index (χ0n) is 14.2. The molecule has 0 spiro atoms. The predicted octanol–water partition coefficient (Wildman–Crippen LogP) is 3.48. The Morgan fingerprint density at radius 2 is 1.93 bits per heavy atom. The van der Waals surface area contributed by atoms with Gasteiger partial charge in [0.25, 0.3) is 0 Å². The number of hydrogen-bond acceptors (Lipinski definition) is 5. The molecule has 0 atom stereocenters. The Labute approximate surface area is 161 Å². The molecule has 0 N–H and O–H groups in total. The van der Waals surface area contributed by atoms with Gasteiger partial charge in [0.15, 0.2) is 5.65 Å². The van der Waals surface area contributed by atoms with Gasteiger partial charge in [-0.15, -0.1) is 0 Å². The molecule has 1 aliphatic heterocycles. The van der Waals surface area contributed by atoms with Crippen molar-refractivity contribution in [3.8, 4) is 11.6 Å². The SMILES string of the molecule is O=c1nc(OCC2COC2)c2ccc(C(F)(F)F)nc2n1-c1ccccc1Cl. The lowest BCUT2D eigenvalue weighted by Crippen LogP contribution is -2.33. The summed E-state index contributed by atoms with van der Waals surface area (Å²) >= 11 is 6.15. The highest BCUT2D eigenvalue weighted by Crippen LogP contribution is 2.32. The van der Waals surface area contributed by atoms with Crippen LogP contribution in [0.3, 0.4) is 0 Å². The van der Waals surface area contributed by atoms with Crippen LogP contribution in [0.1, 0.15) is 5.69 Å². The van der Waals surface area contributed by atoms with E-state index in [1.807, 2.05) is 0 Å². The van der Waals surface area contributed by atoms with Crippen LogP contribution in [0.4, 0.5) is 13.2 Å². The Hall–Kier alpha value is -2.65. The minimum atomic E-state index is -4.68. The van der Waals surface area contributed by atoms with Crippen molar-refractivity contribution in [1.29, 1.82) is 0 Å². The van der Waals surface area contributed by atoms with E-state index in [4.69, 9.17) is 21.1 Å². The summed E-state index contributed by atoms with van der Waals surface area (Å²) in [6.45, 7) is 1.27. The van der Waals surface area contributed by atoms with Crippen LogP contribution in [0, 0.1) is 5.92 Å². The van der Waals surface area contributed by atoms with E-state index in [9.17, 15) is 18.0 Å². The summed E-state index contributed by atoms with van der Waals surface area (Å²) in [5.74, 6) is 0.0710. The maximum absolute atomic E-state index is 13.2. The van der Waals surface area contributed by atoms with Crippen LogP contribution >= 0.6 is 11.6 Å². The normalized spacial score (nSPS) is 14.9. The number of pyridine rings is 1. The van der Waals surface area contributed by atoms with Crippen molar-refractivity contribution in [1.82, 2.24) is 14.5 Å². The second-order valence-corrected chi connectivity index (χ2v) is 6.67. The molecular weight excluding hydrogens is 399 g/mol. The number of benzene rings is 1. The summed E-state index contributed by atoms with van der Waals surface area (Å²) in [4.78, 5) is 20.2. The molecular formula is C18H13ClF3N3O3. The van der Waals surface area contributed by atoms with Crippen molar-refractivity contribution in [2.45, 2.75) is 6.18 Å². The number of alkyl halides is 3. The zero-order chi connectivity index (χ0) is 19.9. The maximum Gasteiger partial charge on any atom is 0.433 e. The average molecular weight is 412 g/mol. The molecule has 1 fully saturated rings. The third-order valence-corrected chi connectivity index (χ3v) is 4.57. The van der Waals surface area contributed by atoms with Crippen LogP contribution in [0.5, 0.6) is 5.88 Å². The van der Waals surface area contributed by atoms with E-state index in [1.165, 1.54) is 18.2 Å². The van der Waals surface area contributed by atoms with Gasteiger partial charge in [0, 0.05) is 5.92 Å². The Kier molecular flexibility index (Phi) is 4.72. The van der Waals surface area contributed by atoms with E-state index in [0.29, 0.717) is 13.2 Å². The van der Waals surface area contributed by atoms with Crippen molar-refractivity contribution in [2.75, 3.05) is 19.8 Å². The first-order valence-corrected chi connectivity index (χ1v) is 8.69. The average Bonchev–Trinajstić information content (AvgIpc) is 2.60. The van der Waals surface area contributed by atoms with Crippen LogP contribution in [-0.4, -0.2) is 34.4 Å². The number of nitrogens with zero attached hydrogens (tertiary/aromatic N) is 3. The molecule has 2 aromatic heterocycles. The van der Waals surface area contributed by atoms with Gasteiger partial charge in [-0.05, 0) is 24.3 Å². The van der Waals surface area contributed by atoms with Crippen molar-refractivity contribution >= 4 is 22.6 Å². The van der Waals surface area contributed by atoms with Gasteiger partial charge in [-0.1, -0.05) is 23.7 Å². The van der Waals surface area contributed by atoms with Crippen LogP contribution in [0.2, 0.25) is 5.02 Å². The fourth-order valence-corrected chi connectivity index (χ4v) is 2.99.